The lowest BCUT2D eigenvalue weighted by molar-refractivity contribution is 0.209. The van der Waals surface area contributed by atoms with Crippen LogP contribution in [0.15, 0.2) is 29.6 Å². The molecule has 0 saturated carbocycles. The Labute approximate surface area is 117 Å². The number of benzene rings is 1. The van der Waals surface area contributed by atoms with Crippen molar-refractivity contribution >= 4 is 11.3 Å². The van der Waals surface area contributed by atoms with Gasteiger partial charge in [-0.3, -0.25) is 0 Å². The van der Waals surface area contributed by atoms with Crippen LogP contribution < -0.4 is 4.74 Å². The van der Waals surface area contributed by atoms with Gasteiger partial charge in [0.2, 0.25) is 0 Å². The van der Waals surface area contributed by atoms with Gasteiger partial charge in [-0.2, -0.15) is 0 Å². The van der Waals surface area contributed by atoms with E-state index in [0.29, 0.717) is 0 Å². The second kappa shape index (κ2) is 5.35. The molecule has 0 amide bonds. The molecule has 100 valence electrons. The molecular formula is C16H18O2S. The SMILES string of the molecule is CCc1ccsc1C(O)c1cccc2c1OCCC2. The lowest BCUT2D eigenvalue weighted by atomic mass is 9.97. The molecule has 1 aliphatic rings. The zero-order valence-electron chi connectivity index (χ0n) is 11.1. The first-order chi connectivity index (χ1) is 9.31. The van der Waals surface area contributed by atoms with Crippen molar-refractivity contribution < 1.29 is 9.84 Å². The van der Waals surface area contributed by atoms with E-state index in [1.807, 2.05) is 17.5 Å². The molecule has 3 heteroatoms. The number of hydrogen-bond donors (Lipinski definition) is 1. The normalized spacial score (nSPS) is 15.7. The maximum Gasteiger partial charge on any atom is 0.128 e. The lowest BCUT2D eigenvalue weighted by Gasteiger charge is -2.22. The van der Waals surface area contributed by atoms with Crippen LogP contribution in [-0.4, -0.2) is 11.7 Å². The quantitative estimate of drug-likeness (QED) is 0.924. The molecule has 1 N–H and O–H groups in total. The molecule has 0 aliphatic carbocycles. The summed E-state index contributed by atoms with van der Waals surface area (Å²) in [5, 5.41) is 12.7. The van der Waals surface area contributed by atoms with E-state index >= 15 is 0 Å². The summed E-state index contributed by atoms with van der Waals surface area (Å²) in [5.41, 5.74) is 3.36. The molecule has 2 heterocycles. The highest BCUT2D eigenvalue weighted by molar-refractivity contribution is 7.10. The average Bonchev–Trinajstić information content (AvgIpc) is 2.94. The van der Waals surface area contributed by atoms with E-state index in [9.17, 15) is 5.11 Å². The number of hydrogen-bond acceptors (Lipinski definition) is 3. The summed E-state index contributed by atoms with van der Waals surface area (Å²) in [6.45, 7) is 2.87. The van der Waals surface area contributed by atoms with E-state index in [2.05, 4.69) is 19.1 Å². The van der Waals surface area contributed by atoms with Crippen LogP contribution in [0.4, 0.5) is 0 Å². The van der Waals surface area contributed by atoms with Crippen molar-refractivity contribution in [1.29, 1.82) is 0 Å². The zero-order chi connectivity index (χ0) is 13.2. The lowest BCUT2D eigenvalue weighted by Crippen LogP contribution is -2.12. The summed E-state index contributed by atoms with van der Waals surface area (Å²) in [7, 11) is 0. The predicted octanol–water partition coefficient (Wildman–Crippen LogP) is 3.72. The Morgan fingerprint density at radius 1 is 1.37 bits per heavy atom. The predicted molar refractivity (Wildman–Crippen MR) is 78.0 cm³/mol. The van der Waals surface area contributed by atoms with Crippen LogP contribution in [0.3, 0.4) is 0 Å². The number of fused-ring (bicyclic) bond motifs is 1. The van der Waals surface area contributed by atoms with Crippen molar-refractivity contribution in [3.63, 3.8) is 0 Å². The number of aliphatic hydroxyl groups is 1. The van der Waals surface area contributed by atoms with Gasteiger partial charge in [-0.15, -0.1) is 11.3 Å². The molecule has 0 radical (unpaired) electrons. The van der Waals surface area contributed by atoms with Crippen LogP contribution in [0.5, 0.6) is 5.75 Å². The van der Waals surface area contributed by atoms with E-state index in [4.69, 9.17) is 4.74 Å². The maximum absolute atomic E-state index is 10.7. The average molecular weight is 274 g/mol. The van der Waals surface area contributed by atoms with Crippen molar-refractivity contribution in [1.82, 2.24) is 0 Å². The minimum Gasteiger partial charge on any atom is -0.493 e. The van der Waals surface area contributed by atoms with Crippen LogP contribution in [0.25, 0.3) is 0 Å². The number of rotatable bonds is 3. The fourth-order valence-electron chi connectivity index (χ4n) is 2.65. The Hall–Kier alpha value is -1.32. The first kappa shape index (κ1) is 12.7. The van der Waals surface area contributed by atoms with Gasteiger partial charge >= 0.3 is 0 Å². The Bertz CT molecular complexity index is 574. The Balaban J connectivity index is 2.02. The molecule has 19 heavy (non-hydrogen) atoms. The van der Waals surface area contributed by atoms with Gasteiger partial charge in [-0.25, -0.2) is 0 Å². The zero-order valence-corrected chi connectivity index (χ0v) is 11.9. The molecule has 2 nitrogen and oxygen atoms in total. The van der Waals surface area contributed by atoms with Crippen LogP contribution in [0, 0.1) is 0 Å². The third-order valence-corrected chi connectivity index (χ3v) is 4.68. The monoisotopic (exact) mass is 274 g/mol. The van der Waals surface area contributed by atoms with Crippen molar-refractivity contribution in [2.24, 2.45) is 0 Å². The van der Waals surface area contributed by atoms with E-state index in [1.165, 1.54) is 11.1 Å². The Morgan fingerprint density at radius 2 is 2.26 bits per heavy atom. The van der Waals surface area contributed by atoms with E-state index in [0.717, 1.165) is 42.1 Å². The van der Waals surface area contributed by atoms with Crippen LogP contribution in [0.2, 0.25) is 0 Å². The molecule has 1 unspecified atom stereocenters. The van der Waals surface area contributed by atoms with Crippen molar-refractivity contribution in [2.75, 3.05) is 6.61 Å². The number of aryl methyl sites for hydroxylation is 2. The van der Waals surface area contributed by atoms with Gasteiger partial charge in [0, 0.05) is 10.4 Å². The summed E-state index contributed by atoms with van der Waals surface area (Å²) >= 11 is 1.62. The van der Waals surface area contributed by atoms with Crippen molar-refractivity contribution in [2.45, 2.75) is 32.3 Å². The van der Waals surface area contributed by atoms with Gasteiger partial charge in [0.25, 0.3) is 0 Å². The highest BCUT2D eigenvalue weighted by atomic mass is 32.1. The van der Waals surface area contributed by atoms with Gasteiger partial charge < -0.3 is 9.84 Å². The largest absolute Gasteiger partial charge is 0.493 e. The van der Waals surface area contributed by atoms with Crippen LogP contribution in [-0.2, 0) is 12.8 Å². The van der Waals surface area contributed by atoms with Gasteiger partial charge in [0.15, 0.2) is 0 Å². The van der Waals surface area contributed by atoms with E-state index < -0.39 is 6.10 Å². The molecule has 1 aromatic carbocycles. The smallest absolute Gasteiger partial charge is 0.128 e. The fourth-order valence-corrected chi connectivity index (χ4v) is 3.65. The summed E-state index contributed by atoms with van der Waals surface area (Å²) in [6.07, 6.45) is 2.49. The summed E-state index contributed by atoms with van der Waals surface area (Å²) < 4.78 is 5.79. The molecule has 1 aliphatic heterocycles. The summed E-state index contributed by atoms with van der Waals surface area (Å²) in [4.78, 5) is 1.05. The van der Waals surface area contributed by atoms with Crippen molar-refractivity contribution in [3.8, 4) is 5.75 Å². The molecule has 3 rings (SSSR count). The molecule has 2 aromatic rings. The molecule has 0 saturated heterocycles. The molecule has 1 aromatic heterocycles. The van der Waals surface area contributed by atoms with Crippen molar-refractivity contribution in [3.05, 3.63) is 51.2 Å². The first-order valence-corrected chi connectivity index (χ1v) is 7.68. The minimum atomic E-state index is -0.567. The molecule has 0 fully saturated rings. The highest BCUT2D eigenvalue weighted by Crippen LogP contribution is 2.38. The molecule has 0 bridgehead atoms. The Kier molecular flexibility index (Phi) is 3.58. The van der Waals surface area contributed by atoms with Crippen LogP contribution >= 0.6 is 11.3 Å². The number of para-hydroxylation sites is 1. The first-order valence-electron chi connectivity index (χ1n) is 6.80. The molecular weight excluding hydrogens is 256 g/mol. The van der Waals surface area contributed by atoms with Gasteiger partial charge in [0.05, 0.1) is 6.61 Å². The van der Waals surface area contributed by atoms with Gasteiger partial charge in [-0.05, 0) is 41.8 Å². The highest BCUT2D eigenvalue weighted by Gasteiger charge is 2.22. The summed E-state index contributed by atoms with van der Waals surface area (Å²) in [5.74, 6) is 0.900. The van der Waals surface area contributed by atoms with E-state index in [1.54, 1.807) is 11.3 Å². The fraction of sp³-hybridized carbons (Fsp3) is 0.375. The topological polar surface area (TPSA) is 29.5 Å². The van der Waals surface area contributed by atoms with Crippen LogP contribution in [0.1, 0.15) is 41.0 Å². The third kappa shape index (κ3) is 2.28. The second-order valence-electron chi connectivity index (χ2n) is 4.85. The third-order valence-electron chi connectivity index (χ3n) is 3.67. The van der Waals surface area contributed by atoms with Gasteiger partial charge in [-0.1, -0.05) is 25.1 Å². The number of thiophene rings is 1. The summed E-state index contributed by atoms with van der Waals surface area (Å²) in [6, 6.07) is 8.19. The Morgan fingerprint density at radius 3 is 3.11 bits per heavy atom. The minimum absolute atomic E-state index is 0.567. The second-order valence-corrected chi connectivity index (χ2v) is 5.80. The number of aliphatic hydroxyl groups excluding tert-OH is 1. The molecule has 0 spiro atoms. The van der Waals surface area contributed by atoms with E-state index in [-0.39, 0.29) is 0 Å². The van der Waals surface area contributed by atoms with Gasteiger partial charge in [0.1, 0.15) is 11.9 Å². The number of ether oxygens (including phenoxy) is 1. The maximum atomic E-state index is 10.7. The standard InChI is InChI=1S/C16H18O2S/c1-2-11-8-10-19-16(11)14(17)13-7-3-5-12-6-4-9-18-15(12)13/h3,5,7-8,10,14,17H,2,4,6,9H2,1H3. The molecule has 1 atom stereocenters.